The van der Waals surface area contributed by atoms with Gasteiger partial charge in [0.15, 0.2) is 0 Å². The summed E-state index contributed by atoms with van der Waals surface area (Å²) in [6.45, 7) is 2.02. The van der Waals surface area contributed by atoms with Crippen LogP contribution in [0, 0.1) is 16.7 Å². The molecule has 0 spiro atoms. The van der Waals surface area contributed by atoms with E-state index in [1.54, 1.807) is 29.4 Å². The first-order valence-electron chi connectivity index (χ1n) is 11.3. The number of carbonyl (C=O) groups excluding carboxylic acids is 1. The Hall–Kier alpha value is -4.13. The fourth-order valence-electron chi connectivity index (χ4n) is 4.62. The number of nitriles is 1. The third-order valence-corrected chi connectivity index (χ3v) is 6.61. The van der Waals surface area contributed by atoms with Gasteiger partial charge in [0.05, 0.1) is 29.7 Å². The summed E-state index contributed by atoms with van der Waals surface area (Å²) < 4.78 is 9.02. The molecule has 1 saturated carbocycles. The zero-order chi connectivity index (χ0) is 23.9. The second-order valence-electron chi connectivity index (χ2n) is 8.89. The molecule has 0 aromatic carbocycles. The number of anilines is 1. The molecule has 1 aliphatic carbocycles. The van der Waals surface area contributed by atoms with Gasteiger partial charge in [0.1, 0.15) is 11.2 Å². The van der Waals surface area contributed by atoms with Crippen LogP contribution in [0.2, 0.25) is 0 Å². The maximum absolute atomic E-state index is 12.8. The van der Waals surface area contributed by atoms with Gasteiger partial charge in [-0.3, -0.25) is 4.79 Å². The number of pyridine rings is 1. The summed E-state index contributed by atoms with van der Waals surface area (Å²) >= 11 is 0. The van der Waals surface area contributed by atoms with E-state index in [1.807, 2.05) is 37.4 Å². The minimum atomic E-state index is -0.257. The van der Waals surface area contributed by atoms with Crippen LogP contribution in [0.1, 0.15) is 43.0 Å². The van der Waals surface area contributed by atoms with Crippen LogP contribution >= 0.6 is 0 Å². The molecular formula is C24H26N8O2. The molecule has 1 amide bonds. The number of fused-ring (bicyclic) bond motifs is 2. The molecule has 4 heterocycles. The van der Waals surface area contributed by atoms with Crippen LogP contribution in [0.15, 0.2) is 36.7 Å². The highest BCUT2D eigenvalue weighted by atomic mass is 16.5. The van der Waals surface area contributed by atoms with Crippen LogP contribution < -0.4 is 15.4 Å². The summed E-state index contributed by atoms with van der Waals surface area (Å²) in [4.78, 5) is 17.4. The molecule has 0 aliphatic heterocycles. The molecule has 174 valence electrons. The van der Waals surface area contributed by atoms with E-state index in [2.05, 4.69) is 31.9 Å². The summed E-state index contributed by atoms with van der Waals surface area (Å²) in [7, 11) is 3.16. The molecule has 1 aliphatic rings. The largest absolute Gasteiger partial charge is 0.479 e. The monoisotopic (exact) mass is 458 g/mol. The summed E-state index contributed by atoms with van der Waals surface area (Å²) in [6, 6.07) is 10.1. The van der Waals surface area contributed by atoms with Gasteiger partial charge < -0.3 is 15.4 Å². The lowest BCUT2D eigenvalue weighted by molar-refractivity contribution is 0.0965. The normalized spacial score (nSPS) is 20.2. The van der Waals surface area contributed by atoms with Crippen molar-refractivity contribution in [3.8, 4) is 23.2 Å². The second-order valence-corrected chi connectivity index (χ2v) is 8.89. The van der Waals surface area contributed by atoms with E-state index in [9.17, 15) is 10.1 Å². The Morgan fingerprint density at radius 3 is 2.71 bits per heavy atom. The smallest absolute Gasteiger partial charge is 0.255 e. The third-order valence-electron chi connectivity index (χ3n) is 6.61. The van der Waals surface area contributed by atoms with Crippen molar-refractivity contribution >= 4 is 22.9 Å². The molecular weight excluding hydrogens is 432 g/mol. The minimum Gasteiger partial charge on any atom is -0.479 e. The first-order valence-corrected chi connectivity index (χ1v) is 11.3. The lowest BCUT2D eigenvalue weighted by atomic mass is 9.75. The lowest BCUT2D eigenvalue weighted by Crippen LogP contribution is -2.31. The standard InChI is InChI=1S/C24H26N8O2/c1-24(14-25)10-7-15(8-11-24)27-23-28-22(34-3)20-16(9-13-32(20)30-23)19-18(21(33)26-2)17-6-4-5-12-31(17)29-19/h4-6,9,12-13,15H,7-8,10-11H2,1-3H3,(H,26,33)(H,27,30). The number of aromatic nitrogens is 5. The van der Waals surface area contributed by atoms with Crippen molar-refractivity contribution in [2.45, 2.75) is 38.6 Å². The van der Waals surface area contributed by atoms with Gasteiger partial charge in [-0.15, -0.1) is 5.10 Å². The van der Waals surface area contributed by atoms with Crippen molar-refractivity contribution in [2.24, 2.45) is 5.41 Å². The molecule has 10 heteroatoms. The van der Waals surface area contributed by atoms with Crippen LogP contribution in [0.25, 0.3) is 22.3 Å². The Bertz CT molecular complexity index is 1420. The van der Waals surface area contributed by atoms with Crippen molar-refractivity contribution in [1.29, 1.82) is 5.26 Å². The Labute approximate surface area is 196 Å². The van der Waals surface area contributed by atoms with Gasteiger partial charge in [0, 0.05) is 31.0 Å². The molecule has 0 unspecified atom stereocenters. The summed E-state index contributed by atoms with van der Waals surface area (Å²) in [5.41, 5.74) is 2.78. The quantitative estimate of drug-likeness (QED) is 0.471. The van der Waals surface area contributed by atoms with Crippen molar-refractivity contribution in [3.63, 3.8) is 0 Å². The molecule has 34 heavy (non-hydrogen) atoms. The Morgan fingerprint density at radius 1 is 1.21 bits per heavy atom. The molecule has 5 rings (SSSR count). The second kappa shape index (κ2) is 8.33. The zero-order valence-electron chi connectivity index (χ0n) is 19.4. The van der Waals surface area contributed by atoms with Crippen LogP contribution in [-0.2, 0) is 0 Å². The number of amides is 1. The van der Waals surface area contributed by atoms with E-state index in [1.165, 1.54) is 0 Å². The number of hydrogen-bond acceptors (Lipinski definition) is 7. The highest BCUT2D eigenvalue weighted by Gasteiger charge is 2.31. The van der Waals surface area contributed by atoms with Gasteiger partial charge in [-0.05, 0) is 50.8 Å². The van der Waals surface area contributed by atoms with Gasteiger partial charge >= 0.3 is 0 Å². The Kier molecular flexibility index (Phi) is 5.32. The fourth-order valence-corrected chi connectivity index (χ4v) is 4.62. The predicted molar refractivity (Wildman–Crippen MR) is 127 cm³/mol. The number of nitrogens with zero attached hydrogens (tertiary/aromatic N) is 6. The molecule has 2 N–H and O–H groups in total. The van der Waals surface area contributed by atoms with E-state index >= 15 is 0 Å². The molecule has 0 bridgehead atoms. The minimum absolute atomic E-state index is 0.192. The van der Waals surface area contributed by atoms with Gasteiger partial charge in [0.2, 0.25) is 11.8 Å². The molecule has 10 nitrogen and oxygen atoms in total. The van der Waals surface area contributed by atoms with Gasteiger partial charge in [-0.1, -0.05) is 6.07 Å². The van der Waals surface area contributed by atoms with Gasteiger partial charge in [-0.25, -0.2) is 9.03 Å². The van der Waals surface area contributed by atoms with Crippen molar-refractivity contribution in [3.05, 3.63) is 42.2 Å². The van der Waals surface area contributed by atoms with E-state index < -0.39 is 0 Å². The number of nitrogens with one attached hydrogen (secondary N) is 2. The lowest BCUT2D eigenvalue weighted by Gasteiger charge is -2.32. The van der Waals surface area contributed by atoms with Gasteiger partial charge in [-0.2, -0.15) is 15.3 Å². The predicted octanol–water partition coefficient (Wildman–Crippen LogP) is 3.30. The van der Waals surface area contributed by atoms with E-state index in [-0.39, 0.29) is 17.4 Å². The van der Waals surface area contributed by atoms with Crippen LogP contribution in [0.3, 0.4) is 0 Å². The Morgan fingerprint density at radius 2 is 2.00 bits per heavy atom. The maximum Gasteiger partial charge on any atom is 0.255 e. The number of rotatable bonds is 5. The van der Waals surface area contributed by atoms with Crippen LogP contribution in [-0.4, -0.2) is 50.3 Å². The summed E-state index contributed by atoms with van der Waals surface area (Å²) in [6.07, 6.45) is 7.05. The zero-order valence-corrected chi connectivity index (χ0v) is 19.4. The molecule has 1 fully saturated rings. The molecule has 0 radical (unpaired) electrons. The molecule has 0 saturated heterocycles. The third kappa shape index (κ3) is 3.59. The first-order chi connectivity index (χ1) is 16.5. The number of methoxy groups -OCH3 is 1. The SMILES string of the molecule is CNC(=O)c1c(-c2ccn3nc(NC4CCC(C)(C#N)CC4)nc(OC)c23)nn2ccccc12. The first kappa shape index (κ1) is 21.7. The molecule has 4 aromatic rings. The summed E-state index contributed by atoms with van der Waals surface area (Å²) in [5.74, 6) is 0.615. The maximum atomic E-state index is 12.8. The van der Waals surface area contributed by atoms with Gasteiger partial charge in [0.25, 0.3) is 5.91 Å². The van der Waals surface area contributed by atoms with Crippen molar-refractivity contribution in [1.82, 2.24) is 29.5 Å². The molecule has 4 aromatic heterocycles. The van der Waals surface area contributed by atoms with Crippen LogP contribution in [0.5, 0.6) is 5.88 Å². The topological polar surface area (TPSA) is 122 Å². The average Bonchev–Trinajstić information content (AvgIpc) is 3.46. The van der Waals surface area contributed by atoms with E-state index in [0.717, 1.165) is 25.7 Å². The van der Waals surface area contributed by atoms with Crippen molar-refractivity contribution in [2.75, 3.05) is 19.5 Å². The van der Waals surface area contributed by atoms with Crippen LogP contribution in [0.4, 0.5) is 5.95 Å². The Balaban J connectivity index is 1.55. The van der Waals surface area contributed by atoms with Crippen molar-refractivity contribution < 1.29 is 9.53 Å². The average molecular weight is 459 g/mol. The van der Waals surface area contributed by atoms with E-state index in [0.29, 0.717) is 39.7 Å². The number of hydrogen-bond donors (Lipinski definition) is 2. The van der Waals surface area contributed by atoms with E-state index in [4.69, 9.17) is 4.74 Å². The fraction of sp³-hybridized carbons (Fsp3) is 0.375. The molecule has 0 atom stereocenters. The number of ether oxygens (including phenoxy) is 1. The number of carbonyl (C=O) groups is 1. The highest BCUT2D eigenvalue weighted by molar-refractivity contribution is 6.08. The summed E-state index contributed by atoms with van der Waals surface area (Å²) in [5, 5.41) is 24.8. The highest BCUT2D eigenvalue weighted by Crippen LogP contribution is 2.37.